The van der Waals surface area contributed by atoms with Gasteiger partial charge in [0, 0.05) is 12.2 Å². The summed E-state index contributed by atoms with van der Waals surface area (Å²) in [5.41, 5.74) is 2.96. The van der Waals surface area contributed by atoms with E-state index in [1.54, 1.807) is 19.1 Å². The number of hydrogen-bond acceptors (Lipinski definition) is 3. The Morgan fingerprint density at radius 2 is 2.00 bits per heavy atom. The molecule has 0 fully saturated rings. The smallest absolute Gasteiger partial charge is 0.323 e. The van der Waals surface area contributed by atoms with Gasteiger partial charge in [0.25, 0.3) is 5.91 Å². The van der Waals surface area contributed by atoms with E-state index in [0.717, 1.165) is 12.1 Å². The van der Waals surface area contributed by atoms with E-state index >= 15 is 0 Å². The number of anilines is 2. The number of H-pyrrole nitrogens is 1. The molecule has 0 saturated carbocycles. The van der Waals surface area contributed by atoms with E-state index in [1.165, 1.54) is 6.07 Å². The zero-order valence-electron chi connectivity index (χ0n) is 13.8. The van der Waals surface area contributed by atoms with E-state index in [-0.39, 0.29) is 10.9 Å². The SMILES string of the molecule is CCCNC(=O)c1ccc(NC(=O)Nc2c(C)n[nH]c2C)cc1Cl. The number of nitrogens with one attached hydrogen (secondary N) is 4. The molecular weight excluding hydrogens is 330 g/mol. The Morgan fingerprint density at radius 3 is 2.58 bits per heavy atom. The topological polar surface area (TPSA) is 98.9 Å². The van der Waals surface area contributed by atoms with Crippen LogP contribution in [0.2, 0.25) is 5.02 Å². The van der Waals surface area contributed by atoms with Crippen molar-refractivity contribution in [2.24, 2.45) is 0 Å². The average molecular weight is 350 g/mol. The van der Waals surface area contributed by atoms with Gasteiger partial charge in [-0.25, -0.2) is 4.79 Å². The van der Waals surface area contributed by atoms with Gasteiger partial charge < -0.3 is 16.0 Å². The summed E-state index contributed by atoms with van der Waals surface area (Å²) in [5.74, 6) is -0.234. The molecule has 3 amide bonds. The number of carbonyl (C=O) groups is 2. The highest BCUT2D eigenvalue weighted by Crippen LogP contribution is 2.22. The largest absolute Gasteiger partial charge is 0.352 e. The number of rotatable bonds is 5. The van der Waals surface area contributed by atoms with Crippen molar-refractivity contribution in [3.63, 3.8) is 0 Å². The number of hydrogen-bond donors (Lipinski definition) is 4. The zero-order valence-corrected chi connectivity index (χ0v) is 14.5. The van der Waals surface area contributed by atoms with Crippen LogP contribution >= 0.6 is 11.6 Å². The van der Waals surface area contributed by atoms with E-state index in [9.17, 15) is 9.59 Å². The summed E-state index contributed by atoms with van der Waals surface area (Å²) >= 11 is 6.13. The van der Waals surface area contributed by atoms with Gasteiger partial charge in [0.05, 0.1) is 27.7 Å². The van der Waals surface area contributed by atoms with Crippen LogP contribution in [0.3, 0.4) is 0 Å². The average Bonchev–Trinajstić information content (AvgIpc) is 2.84. The van der Waals surface area contributed by atoms with E-state index in [0.29, 0.717) is 29.2 Å². The fraction of sp³-hybridized carbons (Fsp3) is 0.312. The van der Waals surface area contributed by atoms with Crippen LogP contribution < -0.4 is 16.0 Å². The Bertz CT molecular complexity index is 737. The van der Waals surface area contributed by atoms with Crippen molar-refractivity contribution in [2.75, 3.05) is 17.2 Å². The molecule has 7 nitrogen and oxygen atoms in total. The lowest BCUT2D eigenvalue weighted by atomic mass is 10.2. The van der Waals surface area contributed by atoms with Crippen molar-refractivity contribution in [1.82, 2.24) is 15.5 Å². The van der Waals surface area contributed by atoms with E-state index in [4.69, 9.17) is 11.6 Å². The van der Waals surface area contributed by atoms with Crippen molar-refractivity contribution in [3.8, 4) is 0 Å². The fourth-order valence-corrected chi connectivity index (χ4v) is 2.39. The number of halogens is 1. The summed E-state index contributed by atoms with van der Waals surface area (Å²) in [6, 6.07) is 4.33. The van der Waals surface area contributed by atoms with Gasteiger partial charge in [0.15, 0.2) is 0 Å². The Hall–Kier alpha value is -2.54. The molecule has 0 saturated heterocycles. The highest BCUT2D eigenvalue weighted by atomic mass is 35.5. The summed E-state index contributed by atoms with van der Waals surface area (Å²) in [6.45, 7) is 6.16. The van der Waals surface area contributed by atoms with Gasteiger partial charge in [-0.05, 0) is 38.5 Å². The maximum absolute atomic E-state index is 12.1. The first kappa shape index (κ1) is 17.8. The Kier molecular flexibility index (Phi) is 5.81. The maximum atomic E-state index is 12.1. The van der Waals surface area contributed by atoms with Crippen LogP contribution in [0.15, 0.2) is 18.2 Å². The van der Waals surface area contributed by atoms with Crippen molar-refractivity contribution in [2.45, 2.75) is 27.2 Å². The van der Waals surface area contributed by atoms with Crippen LogP contribution in [-0.2, 0) is 0 Å². The molecular formula is C16H20ClN5O2. The first-order chi connectivity index (χ1) is 11.4. The van der Waals surface area contributed by atoms with Crippen LogP contribution in [0.25, 0.3) is 0 Å². The first-order valence-electron chi connectivity index (χ1n) is 7.59. The summed E-state index contributed by atoms with van der Waals surface area (Å²) in [5, 5.41) is 15.2. The van der Waals surface area contributed by atoms with E-state index in [1.807, 2.05) is 13.8 Å². The van der Waals surface area contributed by atoms with E-state index in [2.05, 4.69) is 26.1 Å². The van der Waals surface area contributed by atoms with Crippen LogP contribution in [0.4, 0.5) is 16.2 Å². The highest BCUT2D eigenvalue weighted by molar-refractivity contribution is 6.34. The van der Waals surface area contributed by atoms with Gasteiger partial charge in [-0.2, -0.15) is 5.10 Å². The van der Waals surface area contributed by atoms with Gasteiger partial charge in [-0.1, -0.05) is 18.5 Å². The van der Waals surface area contributed by atoms with Crippen LogP contribution in [0.1, 0.15) is 35.1 Å². The molecule has 0 atom stereocenters. The van der Waals surface area contributed by atoms with Crippen molar-refractivity contribution in [3.05, 3.63) is 40.2 Å². The minimum Gasteiger partial charge on any atom is -0.352 e. The van der Waals surface area contributed by atoms with Crippen LogP contribution in [0.5, 0.6) is 0 Å². The number of aryl methyl sites for hydroxylation is 2. The summed E-state index contributed by atoms with van der Waals surface area (Å²) in [6.07, 6.45) is 0.843. The molecule has 0 radical (unpaired) electrons. The van der Waals surface area contributed by atoms with Gasteiger partial charge >= 0.3 is 6.03 Å². The summed E-state index contributed by atoms with van der Waals surface area (Å²) in [7, 11) is 0. The standard InChI is InChI=1S/C16H20ClN5O2/c1-4-7-18-15(23)12-6-5-11(8-13(12)17)19-16(24)20-14-9(2)21-22-10(14)3/h5-6,8H,4,7H2,1-3H3,(H,18,23)(H,21,22)(H2,19,20,24). The predicted molar refractivity (Wildman–Crippen MR) is 94.8 cm³/mol. The number of carbonyl (C=O) groups excluding carboxylic acids is 2. The molecule has 0 unspecified atom stereocenters. The van der Waals surface area contributed by atoms with Gasteiger partial charge in [-0.15, -0.1) is 0 Å². The van der Waals surface area contributed by atoms with Gasteiger partial charge in [-0.3, -0.25) is 9.89 Å². The lowest BCUT2D eigenvalue weighted by Crippen LogP contribution is -2.24. The van der Waals surface area contributed by atoms with Crippen molar-refractivity contribution in [1.29, 1.82) is 0 Å². The number of aromatic nitrogens is 2. The molecule has 8 heteroatoms. The number of aromatic amines is 1. The van der Waals surface area contributed by atoms with Gasteiger partial charge in [0.1, 0.15) is 0 Å². The number of nitrogens with zero attached hydrogens (tertiary/aromatic N) is 1. The number of amides is 3. The van der Waals surface area contributed by atoms with E-state index < -0.39 is 6.03 Å². The lowest BCUT2D eigenvalue weighted by Gasteiger charge is -2.10. The molecule has 0 spiro atoms. The quantitative estimate of drug-likeness (QED) is 0.665. The fourth-order valence-electron chi connectivity index (χ4n) is 2.12. The minimum atomic E-state index is -0.415. The Morgan fingerprint density at radius 1 is 1.25 bits per heavy atom. The molecule has 2 aromatic rings. The second-order valence-corrected chi connectivity index (χ2v) is 5.75. The van der Waals surface area contributed by atoms with Crippen molar-refractivity contribution < 1.29 is 9.59 Å². The van der Waals surface area contributed by atoms with Crippen LogP contribution in [0, 0.1) is 13.8 Å². The summed E-state index contributed by atoms with van der Waals surface area (Å²) < 4.78 is 0. The van der Waals surface area contributed by atoms with Crippen molar-refractivity contribution >= 4 is 34.9 Å². The second kappa shape index (κ2) is 7.83. The molecule has 0 aliphatic rings. The number of urea groups is 1. The molecule has 128 valence electrons. The molecule has 0 aliphatic heterocycles. The van der Waals surface area contributed by atoms with Gasteiger partial charge in [0.2, 0.25) is 0 Å². The number of benzene rings is 1. The lowest BCUT2D eigenvalue weighted by molar-refractivity contribution is 0.0954. The monoisotopic (exact) mass is 349 g/mol. The molecule has 2 rings (SSSR count). The zero-order chi connectivity index (χ0) is 17.7. The third kappa shape index (κ3) is 4.26. The summed E-state index contributed by atoms with van der Waals surface area (Å²) in [4.78, 5) is 24.0. The normalized spacial score (nSPS) is 10.3. The van der Waals surface area contributed by atoms with Crippen LogP contribution in [-0.4, -0.2) is 28.7 Å². The third-order valence-electron chi connectivity index (χ3n) is 3.37. The second-order valence-electron chi connectivity index (χ2n) is 5.34. The third-order valence-corrected chi connectivity index (χ3v) is 3.69. The first-order valence-corrected chi connectivity index (χ1v) is 7.97. The molecule has 1 aromatic heterocycles. The Labute approximate surface area is 145 Å². The molecule has 0 bridgehead atoms. The molecule has 24 heavy (non-hydrogen) atoms. The molecule has 4 N–H and O–H groups in total. The molecule has 1 aromatic carbocycles. The molecule has 1 heterocycles. The maximum Gasteiger partial charge on any atom is 0.323 e. The highest BCUT2D eigenvalue weighted by Gasteiger charge is 2.13. The predicted octanol–water partition coefficient (Wildman–Crippen LogP) is 3.46. The molecule has 0 aliphatic carbocycles. The Balaban J connectivity index is 2.04. The minimum absolute atomic E-state index is 0.234.